The molecule has 0 spiro atoms. The molecule has 4 aliphatic rings. The molecule has 0 heterocycles. The van der Waals surface area contributed by atoms with E-state index in [2.05, 4.69) is 167 Å². The summed E-state index contributed by atoms with van der Waals surface area (Å²) < 4.78 is 0. The molecule has 0 aliphatic heterocycles. The fraction of sp³-hybridized carbons (Fsp3) is 0.111. The van der Waals surface area contributed by atoms with Crippen LogP contribution >= 0.6 is 25.5 Å². The molecule has 299 valence electrons. The normalized spacial score (nSPS) is 12.9. The first-order valence-corrected chi connectivity index (χ1v) is 25.7. The summed E-state index contributed by atoms with van der Waals surface area (Å²) >= 11 is 1.82. The van der Waals surface area contributed by atoms with Crippen LogP contribution in [0.5, 0.6) is 0 Å². The van der Waals surface area contributed by atoms with E-state index in [9.17, 15) is 0 Å². The summed E-state index contributed by atoms with van der Waals surface area (Å²) in [4.78, 5) is 0. The molecule has 6 heteroatoms. The summed E-state index contributed by atoms with van der Waals surface area (Å²) in [7, 11) is 2.33. The Kier molecular flexibility index (Phi) is 16.2. The fourth-order valence-electron chi connectivity index (χ4n) is 8.10. The summed E-state index contributed by atoms with van der Waals surface area (Å²) in [6.07, 6.45) is 4.22. The summed E-state index contributed by atoms with van der Waals surface area (Å²) in [5.41, 5.74) is 23.8. The van der Waals surface area contributed by atoms with Gasteiger partial charge in [-0.15, -0.1) is 12.1 Å². The Bertz CT molecular complexity index is 2240. The molecule has 2 N–H and O–H groups in total. The van der Waals surface area contributed by atoms with Gasteiger partial charge in [0.1, 0.15) is 31.8 Å². The topological polar surface area (TPSA) is 47.6 Å². The third kappa shape index (κ3) is 11.0. The minimum absolute atomic E-state index is 0.524. The van der Waals surface area contributed by atoms with E-state index in [1.165, 1.54) is 43.5 Å². The van der Waals surface area contributed by atoms with E-state index < -0.39 is 27.9 Å². The van der Waals surface area contributed by atoms with Crippen LogP contribution in [0.1, 0.15) is 45.5 Å². The molecule has 2 atom stereocenters. The van der Waals surface area contributed by atoms with Crippen molar-refractivity contribution in [2.75, 3.05) is 0 Å². The van der Waals surface area contributed by atoms with Crippen LogP contribution in [0.15, 0.2) is 218 Å². The molecule has 8 aromatic carbocycles. The van der Waals surface area contributed by atoms with E-state index in [1.54, 1.807) is 10.6 Å². The molecule has 0 saturated carbocycles. The van der Waals surface area contributed by atoms with Gasteiger partial charge in [-0.25, -0.2) is 0 Å². The van der Waals surface area contributed by atoms with E-state index in [0.29, 0.717) is 0 Å². The van der Waals surface area contributed by atoms with E-state index in [4.69, 9.17) is 11.5 Å². The predicted octanol–water partition coefficient (Wildman–Crippen LogP) is 11.8. The van der Waals surface area contributed by atoms with Crippen LogP contribution in [0.4, 0.5) is 0 Å². The molecule has 12 rings (SSSR count). The van der Waals surface area contributed by atoms with Gasteiger partial charge < -0.3 is 11.5 Å². The van der Waals surface area contributed by atoms with Crippen LogP contribution in [0.3, 0.4) is 0 Å². The molecule has 60 heavy (non-hydrogen) atoms. The predicted molar refractivity (Wildman–Crippen MR) is 261 cm³/mol. The van der Waals surface area contributed by atoms with E-state index >= 15 is 0 Å². The van der Waals surface area contributed by atoms with Crippen molar-refractivity contribution >= 4 is 57.4 Å². The molecule has 0 aromatic heterocycles. The first-order valence-electron chi connectivity index (χ1n) is 20.5. The SMILES string of the molecule is [Cl][Ru+2].[NH-]C(c1ccccc1)C([NH-])c1ccccc1.c1ccc([PH+](c2ccccc2)c2cc3ccc2CCc2ccc(c([PH+](c4ccccc4)c4ccccc4)c2)CC3)cc1. The summed E-state index contributed by atoms with van der Waals surface area (Å²) in [6.45, 7) is 0. The molecular weight excluding hydrogens is 875 g/mol. The fourth-order valence-corrected chi connectivity index (χ4v) is 13.8. The molecule has 0 fully saturated rings. The third-order valence-corrected chi connectivity index (χ3v) is 16.8. The van der Waals surface area contributed by atoms with Gasteiger partial charge in [-0.05, 0) is 109 Å². The zero-order valence-corrected chi connectivity index (χ0v) is 38.0. The van der Waals surface area contributed by atoms with Gasteiger partial charge in [0, 0.05) is 0 Å². The number of rotatable bonds is 9. The molecule has 0 saturated heterocycles. The second kappa shape index (κ2) is 22.3. The number of nitrogens with one attached hydrogen (secondary N) is 2. The van der Waals surface area contributed by atoms with Crippen molar-refractivity contribution < 1.29 is 17.3 Å². The zero-order valence-electron chi connectivity index (χ0n) is 33.5. The summed E-state index contributed by atoms with van der Waals surface area (Å²) in [5.74, 6) is 0. The van der Waals surface area contributed by atoms with Gasteiger partial charge in [0.15, 0.2) is 0 Å². The average Bonchev–Trinajstić information content (AvgIpc) is 3.33. The molecule has 0 amide bonds. The zero-order chi connectivity index (χ0) is 41.5. The second-order valence-corrected chi connectivity index (χ2v) is 19.9. The smallest absolute Gasteiger partial charge is 0.105 e. The number of halogens is 1. The van der Waals surface area contributed by atoms with Crippen LogP contribution < -0.4 is 31.8 Å². The van der Waals surface area contributed by atoms with Gasteiger partial charge in [0.05, 0.1) is 15.8 Å². The van der Waals surface area contributed by atoms with Crippen molar-refractivity contribution in [3.8, 4) is 0 Å². The first kappa shape index (κ1) is 43.5. The van der Waals surface area contributed by atoms with Crippen molar-refractivity contribution in [2.24, 2.45) is 0 Å². The third-order valence-electron chi connectivity index (χ3n) is 11.2. The van der Waals surface area contributed by atoms with Crippen molar-refractivity contribution in [1.82, 2.24) is 0 Å². The quantitative estimate of drug-likeness (QED) is 0.102. The molecule has 2 nitrogen and oxygen atoms in total. The molecule has 0 radical (unpaired) electrons. The van der Waals surface area contributed by atoms with Crippen LogP contribution in [-0.2, 0) is 43.0 Å². The average molecular weight is 925 g/mol. The molecule has 8 aromatic rings. The first-order chi connectivity index (χ1) is 29.6. The minimum atomic E-state index is -1.12. The number of hydrogen-bond donors (Lipinski definition) is 0. The van der Waals surface area contributed by atoms with Crippen molar-refractivity contribution in [3.05, 3.63) is 263 Å². The van der Waals surface area contributed by atoms with Gasteiger partial charge in [0.25, 0.3) is 0 Å². The van der Waals surface area contributed by atoms with Gasteiger partial charge in [-0.1, -0.05) is 169 Å². The van der Waals surface area contributed by atoms with Crippen molar-refractivity contribution in [2.45, 2.75) is 37.8 Å². The summed E-state index contributed by atoms with van der Waals surface area (Å²) in [5, 5.41) is 8.96. The largest absolute Gasteiger partial charge is 0.672 e. The summed E-state index contributed by atoms with van der Waals surface area (Å²) in [6, 6.07) is 77.7. The van der Waals surface area contributed by atoms with Gasteiger partial charge in [-0.3, -0.25) is 0 Å². The van der Waals surface area contributed by atoms with E-state index in [-0.39, 0.29) is 0 Å². The monoisotopic (exact) mass is 925 g/mol. The number of benzene rings is 8. The van der Waals surface area contributed by atoms with Crippen LogP contribution in [-0.4, -0.2) is 0 Å². The maximum atomic E-state index is 8.07. The minimum Gasteiger partial charge on any atom is -0.672 e. The van der Waals surface area contributed by atoms with Crippen LogP contribution in [0.25, 0.3) is 11.5 Å². The molecule has 4 aliphatic carbocycles. The number of aryl methyl sites for hydroxylation is 4. The Hall–Kier alpha value is -4.55. The maximum absolute atomic E-state index is 8.07. The van der Waals surface area contributed by atoms with Gasteiger partial charge in [-0.2, -0.15) is 0 Å². The van der Waals surface area contributed by atoms with Crippen LogP contribution in [0, 0.1) is 0 Å². The molecular formula is C54H50ClN2P2Ru+2. The Morgan fingerprint density at radius 2 is 0.617 bits per heavy atom. The molecule has 4 bridgehead atoms. The van der Waals surface area contributed by atoms with Crippen molar-refractivity contribution in [1.29, 1.82) is 0 Å². The molecule has 2 unspecified atom stereocenters. The Morgan fingerprint density at radius 1 is 0.350 bits per heavy atom. The second-order valence-electron chi connectivity index (χ2n) is 15.0. The maximum Gasteiger partial charge on any atom is 0.105 e. The van der Waals surface area contributed by atoms with Gasteiger partial charge >= 0.3 is 27.0 Å². The van der Waals surface area contributed by atoms with Crippen molar-refractivity contribution in [3.63, 3.8) is 0 Å². The van der Waals surface area contributed by atoms with Crippen LogP contribution in [0.2, 0.25) is 0 Å². The number of hydrogen-bond acceptors (Lipinski definition) is 0. The van der Waals surface area contributed by atoms with E-state index in [0.717, 1.165) is 36.8 Å². The Balaban J connectivity index is 0.000000253. The standard InChI is InChI=1S/C40H34P2.C14H14N2.ClH.Ru/c1-5-13-35(14-6-1)41(36-15-7-2-8-16-36)39-29-31-21-25-33(39)27-23-32-22-26-34(28-24-31)40(30-32)42(37-17-9-3-10-18-37)38-19-11-4-12-20-38;15-13(11-7-3-1-4-8-11)14(16)12-9-5-2-6-10-12;;/h1-22,25-26,29-30H,23-24,27-28H2;1-10,13-16H;1H;/q;-2;;+3/p+1. The van der Waals surface area contributed by atoms with Gasteiger partial charge in [0.2, 0.25) is 0 Å². The Morgan fingerprint density at radius 3 is 0.900 bits per heavy atom. The Labute approximate surface area is 373 Å². The van der Waals surface area contributed by atoms with E-state index in [1.807, 2.05) is 78.0 Å².